The van der Waals surface area contributed by atoms with E-state index in [2.05, 4.69) is 37.4 Å². The van der Waals surface area contributed by atoms with Crippen LogP contribution in [0.15, 0.2) is 60.7 Å². The van der Waals surface area contributed by atoms with Crippen LogP contribution in [0.4, 0.5) is 4.39 Å². The minimum absolute atomic E-state index is 0.241. The summed E-state index contributed by atoms with van der Waals surface area (Å²) in [5, 5.41) is 21.7. The second kappa shape index (κ2) is 10.1. The van der Waals surface area contributed by atoms with E-state index in [1.165, 1.54) is 41.3 Å². The first kappa shape index (κ1) is 23.6. The maximum Gasteiger partial charge on any atom is 0.326 e. The first-order valence-electron chi connectivity index (χ1n) is 10.8. The van der Waals surface area contributed by atoms with Crippen LogP contribution in [0.5, 0.6) is 0 Å². The van der Waals surface area contributed by atoms with Crippen molar-refractivity contribution in [1.29, 1.82) is 0 Å². The van der Waals surface area contributed by atoms with Gasteiger partial charge in [-0.2, -0.15) is 0 Å². The van der Waals surface area contributed by atoms with E-state index in [0.717, 1.165) is 29.5 Å². The molecule has 168 valence electrons. The van der Waals surface area contributed by atoms with Crippen LogP contribution in [0.1, 0.15) is 34.7 Å². The lowest BCUT2D eigenvalue weighted by Gasteiger charge is -2.24. The lowest BCUT2D eigenvalue weighted by molar-refractivity contribution is -0.145. The molecule has 0 heterocycles. The molecule has 3 aromatic carbocycles. The zero-order valence-electron chi connectivity index (χ0n) is 18.8. The van der Waals surface area contributed by atoms with Gasteiger partial charge >= 0.3 is 5.97 Å². The molecule has 0 fully saturated rings. The first-order valence-corrected chi connectivity index (χ1v) is 10.8. The van der Waals surface area contributed by atoms with E-state index in [4.69, 9.17) is 0 Å². The molecule has 3 rings (SSSR count). The average Bonchev–Trinajstić information content (AvgIpc) is 2.78. The number of aliphatic carboxylic acids is 1. The topological polar surface area (TPSA) is 69.6 Å². The Bertz CT molecular complexity index is 1090. The molecule has 4 nitrogen and oxygen atoms in total. The van der Waals surface area contributed by atoms with Gasteiger partial charge in [0, 0.05) is 6.54 Å². The minimum Gasteiger partial charge on any atom is -0.480 e. The number of carbonyl (C=O) groups is 1. The van der Waals surface area contributed by atoms with Gasteiger partial charge < -0.3 is 10.2 Å². The third kappa shape index (κ3) is 5.42. The van der Waals surface area contributed by atoms with Crippen molar-refractivity contribution in [3.8, 4) is 11.1 Å². The van der Waals surface area contributed by atoms with Crippen molar-refractivity contribution in [1.82, 2.24) is 5.32 Å². The number of aliphatic hydroxyl groups is 1. The van der Waals surface area contributed by atoms with Crippen LogP contribution in [-0.2, 0) is 24.2 Å². The number of hydrogen-bond acceptors (Lipinski definition) is 3. The molecule has 0 saturated heterocycles. The van der Waals surface area contributed by atoms with Gasteiger partial charge in [0.15, 0.2) is 0 Å². The zero-order chi connectivity index (χ0) is 23.3. The second-order valence-electron chi connectivity index (χ2n) is 8.51. The Morgan fingerprint density at radius 3 is 2.34 bits per heavy atom. The fourth-order valence-corrected chi connectivity index (χ4v) is 3.77. The average molecular weight is 436 g/mol. The van der Waals surface area contributed by atoms with Gasteiger partial charge in [-0.3, -0.25) is 10.1 Å². The summed E-state index contributed by atoms with van der Waals surface area (Å²) in [6.45, 7) is 5.52. The highest BCUT2D eigenvalue weighted by molar-refractivity contribution is 5.78. The normalized spacial score (nSPS) is 13.0. The summed E-state index contributed by atoms with van der Waals surface area (Å²) in [6.07, 6.45) is 1.71. The highest BCUT2D eigenvalue weighted by Crippen LogP contribution is 2.27. The number of carboxylic acid groups (broad SMARTS) is 1. The van der Waals surface area contributed by atoms with Crippen LogP contribution in [-0.4, -0.2) is 28.3 Å². The first-order chi connectivity index (χ1) is 15.2. The number of benzene rings is 3. The largest absolute Gasteiger partial charge is 0.480 e. The van der Waals surface area contributed by atoms with Crippen molar-refractivity contribution in [3.63, 3.8) is 0 Å². The van der Waals surface area contributed by atoms with E-state index in [0.29, 0.717) is 6.54 Å². The Kier molecular flexibility index (Phi) is 7.44. The van der Waals surface area contributed by atoms with Gasteiger partial charge in [0.2, 0.25) is 0 Å². The summed E-state index contributed by atoms with van der Waals surface area (Å²) in [4.78, 5) is 11.4. The summed E-state index contributed by atoms with van der Waals surface area (Å²) < 4.78 is 13.3. The number of rotatable bonds is 9. The Hall–Kier alpha value is -3.02. The molecule has 0 radical (unpaired) electrons. The molecule has 0 aliphatic rings. The molecule has 0 spiro atoms. The molecule has 1 unspecified atom stereocenters. The van der Waals surface area contributed by atoms with Crippen molar-refractivity contribution in [3.05, 3.63) is 94.3 Å². The molecule has 0 amide bonds. The third-order valence-electron chi connectivity index (χ3n) is 6.15. The van der Waals surface area contributed by atoms with Gasteiger partial charge in [-0.05, 0) is 84.7 Å². The van der Waals surface area contributed by atoms with E-state index < -0.39 is 18.1 Å². The number of hydrogen-bond donors (Lipinski definition) is 3. The maximum absolute atomic E-state index is 13.3. The summed E-state index contributed by atoms with van der Waals surface area (Å²) in [5.74, 6) is -1.32. The molecule has 0 aromatic heterocycles. The number of nitrogens with one attached hydrogen (secondary N) is 1. The lowest BCUT2D eigenvalue weighted by atomic mass is 9.92. The molecule has 1 atom stereocenters. The van der Waals surface area contributed by atoms with Crippen LogP contribution in [0.2, 0.25) is 0 Å². The SMILES string of the molecule is Cc1ccc(CNC(C)(CO)C(=O)O)cc1CCc1cccc(-c2ccc(F)cc2)c1C. The predicted molar refractivity (Wildman–Crippen MR) is 125 cm³/mol. The summed E-state index contributed by atoms with van der Waals surface area (Å²) in [5.41, 5.74) is 6.53. The van der Waals surface area contributed by atoms with Crippen molar-refractivity contribution in [2.45, 2.75) is 45.7 Å². The van der Waals surface area contributed by atoms with Crippen molar-refractivity contribution < 1.29 is 19.4 Å². The smallest absolute Gasteiger partial charge is 0.326 e. The Morgan fingerprint density at radius 2 is 1.69 bits per heavy atom. The van der Waals surface area contributed by atoms with E-state index in [9.17, 15) is 19.4 Å². The second-order valence-corrected chi connectivity index (χ2v) is 8.51. The molecule has 0 aliphatic heterocycles. The van der Waals surface area contributed by atoms with Gasteiger partial charge in [0.05, 0.1) is 6.61 Å². The van der Waals surface area contributed by atoms with Gasteiger partial charge in [-0.1, -0.05) is 48.5 Å². The number of carboxylic acids is 1. The van der Waals surface area contributed by atoms with Gasteiger partial charge in [0.25, 0.3) is 0 Å². The van der Waals surface area contributed by atoms with Crippen LogP contribution in [0, 0.1) is 19.7 Å². The zero-order valence-corrected chi connectivity index (χ0v) is 18.8. The van der Waals surface area contributed by atoms with Crippen LogP contribution in [0.25, 0.3) is 11.1 Å². The standard InChI is InChI=1S/C27H30FNO3/c1-18-7-8-20(16-29-27(3,17-30)26(31)32)15-23(18)10-9-21-5-4-6-25(19(21)2)22-11-13-24(28)14-12-22/h4-8,11-15,29-30H,9-10,16-17H2,1-3H3,(H,31,32). The third-order valence-corrected chi connectivity index (χ3v) is 6.15. The van der Waals surface area contributed by atoms with Gasteiger partial charge in [0.1, 0.15) is 11.4 Å². The highest BCUT2D eigenvalue weighted by Gasteiger charge is 2.31. The van der Waals surface area contributed by atoms with Crippen molar-refractivity contribution >= 4 is 5.97 Å². The van der Waals surface area contributed by atoms with Crippen LogP contribution >= 0.6 is 0 Å². The van der Waals surface area contributed by atoms with Crippen LogP contribution in [0.3, 0.4) is 0 Å². The minimum atomic E-state index is -1.37. The molecule has 0 bridgehead atoms. The molecule has 32 heavy (non-hydrogen) atoms. The summed E-state index contributed by atoms with van der Waals surface area (Å²) >= 11 is 0. The molecule has 3 aromatic rings. The van der Waals surface area contributed by atoms with E-state index in [1.54, 1.807) is 12.1 Å². The Morgan fingerprint density at radius 1 is 1.00 bits per heavy atom. The number of halogens is 1. The molecule has 0 saturated carbocycles. The highest BCUT2D eigenvalue weighted by atomic mass is 19.1. The van der Waals surface area contributed by atoms with E-state index in [1.807, 2.05) is 18.2 Å². The predicted octanol–water partition coefficient (Wildman–Crippen LogP) is 4.82. The van der Waals surface area contributed by atoms with Crippen molar-refractivity contribution in [2.24, 2.45) is 0 Å². The number of aryl methyl sites for hydroxylation is 3. The fraction of sp³-hybridized carbons (Fsp3) is 0.296. The molecular weight excluding hydrogens is 405 g/mol. The van der Waals surface area contributed by atoms with Crippen molar-refractivity contribution in [2.75, 3.05) is 6.61 Å². The van der Waals surface area contributed by atoms with Crippen LogP contribution < -0.4 is 5.32 Å². The van der Waals surface area contributed by atoms with Gasteiger partial charge in [-0.25, -0.2) is 4.39 Å². The molecule has 0 aliphatic carbocycles. The number of aliphatic hydroxyl groups excluding tert-OH is 1. The fourth-order valence-electron chi connectivity index (χ4n) is 3.77. The summed E-state index contributed by atoms with van der Waals surface area (Å²) in [6, 6.07) is 18.9. The molecule has 5 heteroatoms. The van der Waals surface area contributed by atoms with E-state index >= 15 is 0 Å². The summed E-state index contributed by atoms with van der Waals surface area (Å²) in [7, 11) is 0. The maximum atomic E-state index is 13.3. The van der Waals surface area contributed by atoms with Gasteiger partial charge in [-0.15, -0.1) is 0 Å². The quantitative estimate of drug-likeness (QED) is 0.451. The molecule has 3 N–H and O–H groups in total. The monoisotopic (exact) mass is 435 g/mol. The Labute approximate surface area is 188 Å². The Balaban J connectivity index is 1.74. The lowest BCUT2D eigenvalue weighted by Crippen LogP contribution is -2.52. The molecular formula is C27H30FNO3. The van der Waals surface area contributed by atoms with E-state index in [-0.39, 0.29) is 5.82 Å².